The molecule has 5 heteroatoms. The van der Waals surface area contributed by atoms with Crippen LogP contribution in [0.5, 0.6) is 0 Å². The number of allylic oxidation sites excluding steroid dienone is 9. The van der Waals surface area contributed by atoms with Gasteiger partial charge in [0.1, 0.15) is 0 Å². The van der Waals surface area contributed by atoms with Crippen molar-refractivity contribution >= 4 is 12.3 Å². The predicted octanol–water partition coefficient (Wildman–Crippen LogP) is 4.39. The SMILES string of the molecule is O=C(OC1=CN=CC=CC=CC=CC=CC=CN1)N1CCc2ccccc2C1. The zero-order valence-electron chi connectivity index (χ0n) is 15.6. The highest BCUT2D eigenvalue weighted by Crippen LogP contribution is 2.19. The van der Waals surface area contributed by atoms with Crippen molar-refractivity contribution in [2.24, 2.45) is 4.99 Å². The first-order valence-electron chi connectivity index (χ1n) is 9.18. The van der Waals surface area contributed by atoms with Crippen molar-refractivity contribution in [2.75, 3.05) is 6.54 Å². The lowest BCUT2D eigenvalue weighted by Gasteiger charge is -2.28. The van der Waals surface area contributed by atoms with Gasteiger partial charge >= 0.3 is 6.09 Å². The van der Waals surface area contributed by atoms with Crippen LogP contribution >= 0.6 is 0 Å². The Morgan fingerprint density at radius 1 is 0.929 bits per heavy atom. The van der Waals surface area contributed by atoms with Gasteiger partial charge in [0.05, 0.1) is 6.20 Å². The van der Waals surface area contributed by atoms with Crippen LogP contribution in [0.25, 0.3) is 0 Å². The average Bonchev–Trinajstić information content (AvgIpc) is 2.73. The largest absolute Gasteiger partial charge is 0.416 e. The van der Waals surface area contributed by atoms with E-state index in [0.29, 0.717) is 13.1 Å². The Kier molecular flexibility index (Phi) is 7.21. The van der Waals surface area contributed by atoms with Gasteiger partial charge in [-0.1, -0.05) is 66.8 Å². The van der Waals surface area contributed by atoms with E-state index in [-0.39, 0.29) is 5.88 Å². The number of carbonyl (C=O) groups is 1. The third-order valence-electron chi connectivity index (χ3n) is 4.16. The van der Waals surface area contributed by atoms with Gasteiger partial charge in [-0.2, -0.15) is 0 Å². The van der Waals surface area contributed by atoms with Crippen molar-refractivity contribution in [3.8, 4) is 0 Å². The van der Waals surface area contributed by atoms with Gasteiger partial charge in [0.25, 0.3) is 0 Å². The van der Waals surface area contributed by atoms with Crippen LogP contribution < -0.4 is 5.32 Å². The minimum atomic E-state index is -0.397. The van der Waals surface area contributed by atoms with Crippen molar-refractivity contribution in [2.45, 2.75) is 13.0 Å². The fraction of sp³-hybridized carbons (Fsp3) is 0.130. The number of fused-ring (bicyclic) bond motifs is 1. The molecule has 1 aromatic rings. The first-order valence-corrected chi connectivity index (χ1v) is 9.18. The number of nitrogens with one attached hydrogen (secondary N) is 1. The maximum Gasteiger partial charge on any atom is 0.416 e. The van der Waals surface area contributed by atoms with Crippen LogP contribution in [0.1, 0.15) is 11.1 Å². The van der Waals surface area contributed by atoms with E-state index in [1.165, 1.54) is 11.8 Å². The molecule has 0 spiro atoms. The summed E-state index contributed by atoms with van der Waals surface area (Å²) in [7, 11) is 0. The van der Waals surface area contributed by atoms with Gasteiger partial charge in [-0.15, -0.1) is 0 Å². The van der Waals surface area contributed by atoms with E-state index in [4.69, 9.17) is 4.74 Å². The Bertz CT molecular complexity index is 889. The van der Waals surface area contributed by atoms with Crippen LogP contribution in [0.15, 0.2) is 102 Å². The van der Waals surface area contributed by atoms with E-state index >= 15 is 0 Å². The maximum atomic E-state index is 12.6. The second kappa shape index (κ2) is 10.5. The molecule has 5 nitrogen and oxygen atoms in total. The predicted molar refractivity (Wildman–Crippen MR) is 112 cm³/mol. The molecule has 1 amide bonds. The van der Waals surface area contributed by atoms with E-state index in [1.807, 2.05) is 66.8 Å². The van der Waals surface area contributed by atoms with E-state index in [0.717, 1.165) is 12.0 Å². The molecular formula is C23H23N3O2. The molecule has 0 saturated heterocycles. The van der Waals surface area contributed by atoms with E-state index in [9.17, 15) is 4.79 Å². The molecule has 0 radical (unpaired) electrons. The van der Waals surface area contributed by atoms with Crippen molar-refractivity contribution in [1.82, 2.24) is 10.2 Å². The van der Waals surface area contributed by atoms with Crippen LogP contribution in [0, 0.1) is 0 Å². The number of carbonyl (C=O) groups excluding carboxylic acids is 1. The summed E-state index contributed by atoms with van der Waals surface area (Å²) < 4.78 is 5.53. The van der Waals surface area contributed by atoms with Crippen molar-refractivity contribution in [3.05, 3.63) is 108 Å². The summed E-state index contributed by atoms with van der Waals surface area (Å²) in [4.78, 5) is 18.5. The third kappa shape index (κ3) is 5.99. The Labute approximate surface area is 165 Å². The van der Waals surface area contributed by atoms with Crippen LogP contribution in [0.4, 0.5) is 4.79 Å². The van der Waals surface area contributed by atoms with E-state index < -0.39 is 6.09 Å². The molecule has 1 aromatic carbocycles. The van der Waals surface area contributed by atoms with Crippen LogP contribution in [0.3, 0.4) is 0 Å². The van der Waals surface area contributed by atoms with E-state index in [2.05, 4.69) is 16.4 Å². The van der Waals surface area contributed by atoms with Crippen LogP contribution in [-0.2, 0) is 17.7 Å². The van der Waals surface area contributed by atoms with Crippen LogP contribution in [0.2, 0.25) is 0 Å². The van der Waals surface area contributed by atoms with Gasteiger partial charge in [0, 0.05) is 25.5 Å². The van der Waals surface area contributed by atoms with Gasteiger partial charge in [0.2, 0.25) is 5.88 Å². The highest BCUT2D eigenvalue weighted by Gasteiger charge is 2.22. The highest BCUT2D eigenvalue weighted by molar-refractivity contribution is 5.72. The molecular weight excluding hydrogens is 350 g/mol. The van der Waals surface area contributed by atoms with E-state index in [1.54, 1.807) is 23.4 Å². The fourth-order valence-corrected chi connectivity index (χ4v) is 2.75. The Morgan fingerprint density at radius 3 is 2.39 bits per heavy atom. The number of amides is 1. The molecule has 0 atom stereocenters. The number of nitrogens with zero attached hydrogens (tertiary/aromatic N) is 2. The zero-order chi connectivity index (χ0) is 19.4. The summed E-state index contributed by atoms with van der Waals surface area (Å²) in [6.07, 6.45) is 22.2. The molecule has 2 aliphatic rings. The number of rotatable bonds is 1. The first-order chi connectivity index (χ1) is 13.8. The molecule has 0 aliphatic carbocycles. The van der Waals surface area contributed by atoms with Gasteiger partial charge in [0.15, 0.2) is 0 Å². The minimum Gasteiger partial charge on any atom is -0.391 e. The number of hydrogen-bond acceptors (Lipinski definition) is 4. The zero-order valence-corrected chi connectivity index (χ0v) is 15.6. The van der Waals surface area contributed by atoms with Crippen molar-refractivity contribution < 1.29 is 9.53 Å². The molecule has 0 saturated carbocycles. The van der Waals surface area contributed by atoms with Gasteiger partial charge in [-0.05, 0) is 29.7 Å². The molecule has 0 bridgehead atoms. The lowest BCUT2D eigenvalue weighted by atomic mass is 10.0. The lowest BCUT2D eigenvalue weighted by molar-refractivity contribution is 0.119. The lowest BCUT2D eigenvalue weighted by Crippen LogP contribution is -2.37. The van der Waals surface area contributed by atoms with Crippen LogP contribution in [-0.4, -0.2) is 23.8 Å². The second-order valence-corrected chi connectivity index (χ2v) is 6.14. The molecule has 2 heterocycles. The van der Waals surface area contributed by atoms with Gasteiger partial charge < -0.3 is 15.0 Å². The quantitative estimate of drug-likeness (QED) is 0.794. The monoisotopic (exact) mass is 373 g/mol. The molecule has 28 heavy (non-hydrogen) atoms. The molecule has 3 rings (SSSR count). The van der Waals surface area contributed by atoms with Crippen molar-refractivity contribution in [3.63, 3.8) is 0 Å². The molecule has 0 unspecified atom stereocenters. The number of ether oxygens (including phenoxy) is 1. The average molecular weight is 373 g/mol. The fourth-order valence-electron chi connectivity index (χ4n) is 2.75. The molecule has 2 aliphatic heterocycles. The Morgan fingerprint density at radius 2 is 1.61 bits per heavy atom. The smallest absolute Gasteiger partial charge is 0.391 e. The van der Waals surface area contributed by atoms with Gasteiger partial charge in [-0.3, -0.25) is 4.99 Å². The summed E-state index contributed by atoms with van der Waals surface area (Å²) in [6.45, 7) is 1.18. The topological polar surface area (TPSA) is 53.9 Å². The maximum absolute atomic E-state index is 12.6. The number of benzene rings is 1. The summed E-state index contributed by atoms with van der Waals surface area (Å²) in [6, 6.07) is 8.16. The number of hydrogen-bond donors (Lipinski definition) is 1. The number of aliphatic imine (C=N–C) groups is 1. The summed E-state index contributed by atoms with van der Waals surface area (Å²) in [5.74, 6) is 0.263. The molecule has 142 valence electrons. The summed E-state index contributed by atoms with van der Waals surface area (Å²) >= 11 is 0. The summed E-state index contributed by atoms with van der Waals surface area (Å²) in [5.41, 5.74) is 2.44. The molecule has 0 fully saturated rings. The second-order valence-electron chi connectivity index (χ2n) is 6.14. The highest BCUT2D eigenvalue weighted by atomic mass is 16.6. The molecule has 0 aromatic heterocycles. The summed E-state index contributed by atoms with van der Waals surface area (Å²) in [5, 5.41) is 2.96. The standard InChI is InChI=1S/C23H23N3O2/c27-23(26-17-14-20-12-8-9-13-21(20)19-26)28-22-18-24-15-10-6-4-2-1-3-5-7-11-16-25-22/h1-13,15-16,18,25H,14,17,19H2. The third-order valence-corrected chi connectivity index (χ3v) is 4.16. The minimum absolute atomic E-state index is 0.263. The first kappa shape index (κ1) is 19.2. The molecule has 1 N–H and O–H groups in total. The van der Waals surface area contributed by atoms with Gasteiger partial charge in [-0.25, -0.2) is 4.79 Å². The Balaban J connectivity index is 1.67. The normalized spacial score (nSPS) is 16.6. The van der Waals surface area contributed by atoms with Crippen molar-refractivity contribution in [1.29, 1.82) is 0 Å². The Hall–Kier alpha value is -3.60.